The highest BCUT2D eigenvalue weighted by Crippen LogP contribution is 2.28. The second-order valence-electron chi connectivity index (χ2n) is 7.19. The van der Waals surface area contributed by atoms with E-state index in [1.54, 1.807) is 36.7 Å². The predicted octanol–water partition coefficient (Wildman–Crippen LogP) is 4.57. The minimum Gasteiger partial charge on any atom is -0.325 e. The van der Waals surface area contributed by atoms with Crippen molar-refractivity contribution in [2.75, 3.05) is 11.1 Å². The van der Waals surface area contributed by atoms with Crippen LogP contribution in [0.4, 0.5) is 5.69 Å². The third-order valence-electron chi connectivity index (χ3n) is 4.74. The molecular formula is C24H21N5O2S. The monoisotopic (exact) mass is 443 g/mol. The van der Waals surface area contributed by atoms with E-state index in [0.717, 1.165) is 16.8 Å². The molecule has 0 bridgehead atoms. The Kier molecular flexibility index (Phi) is 6.42. The Labute approximate surface area is 189 Å². The third kappa shape index (κ3) is 4.92. The van der Waals surface area contributed by atoms with Crippen molar-refractivity contribution in [3.05, 3.63) is 84.2 Å². The van der Waals surface area contributed by atoms with Gasteiger partial charge in [0, 0.05) is 34.9 Å². The fourth-order valence-electron chi connectivity index (χ4n) is 3.17. The van der Waals surface area contributed by atoms with Crippen molar-refractivity contribution < 1.29 is 9.59 Å². The molecule has 160 valence electrons. The number of hydrogen-bond donors (Lipinski definition) is 1. The van der Waals surface area contributed by atoms with Gasteiger partial charge in [-0.05, 0) is 67.9 Å². The van der Waals surface area contributed by atoms with E-state index in [2.05, 4.69) is 26.6 Å². The summed E-state index contributed by atoms with van der Waals surface area (Å²) >= 11 is 1.31. The van der Waals surface area contributed by atoms with E-state index in [0.29, 0.717) is 22.2 Å². The highest BCUT2D eigenvalue weighted by atomic mass is 32.2. The summed E-state index contributed by atoms with van der Waals surface area (Å²) in [6.45, 7) is 3.53. The number of hydrogen-bond acceptors (Lipinski definition) is 6. The Morgan fingerprint density at radius 2 is 1.75 bits per heavy atom. The molecule has 0 fully saturated rings. The van der Waals surface area contributed by atoms with Crippen LogP contribution in [0, 0.1) is 6.92 Å². The number of Topliss-reactive ketones (excluding diaryl/α,β-unsaturated/α-hetero) is 1. The average Bonchev–Trinajstić information content (AvgIpc) is 3.23. The lowest BCUT2D eigenvalue weighted by molar-refractivity contribution is -0.113. The number of aromatic nitrogens is 4. The number of pyridine rings is 1. The van der Waals surface area contributed by atoms with Gasteiger partial charge in [0.15, 0.2) is 16.8 Å². The molecule has 0 spiro atoms. The molecule has 1 N–H and O–H groups in total. The number of anilines is 1. The van der Waals surface area contributed by atoms with Crippen molar-refractivity contribution >= 4 is 29.1 Å². The van der Waals surface area contributed by atoms with Crippen LogP contribution < -0.4 is 5.32 Å². The minimum absolute atomic E-state index is 0.0149. The standard InChI is InChI=1S/C24H21N5O2S/c1-16-4-3-5-21(14-16)29-23(19-10-12-25-13-11-19)27-28-24(29)32-15-22(31)26-20-8-6-18(7-9-20)17(2)30/h3-14H,15H2,1-2H3,(H,26,31). The highest BCUT2D eigenvalue weighted by molar-refractivity contribution is 7.99. The molecule has 4 aromatic rings. The van der Waals surface area contributed by atoms with Crippen LogP contribution in [0.1, 0.15) is 22.8 Å². The van der Waals surface area contributed by atoms with Crippen LogP contribution in [0.2, 0.25) is 0 Å². The molecule has 0 atom stereocenters. The van der Waals surface area contributed by atoms with Gasteiger partial charge in [0.2, 0.25) is 5.91 Å². The number of thioether (sulfide) groups is 1. The topological polar surface area (TPSA) is 89.8 Å². The first-order valence-corrected chi connectivity index (χ1v) is 11.0. The van der Waals surface area contributed by atoms with Gasteiger partial charge in [-0.25, -0.2) is 0 Å². The summed E-state index contributed by atoms with van der Waals surface area (Å²) in [4.78, 5) is 28.0. The Morgan fingerprint density at radius 1 is 1.00 bits per heavy atom. The molecule has 0 aliphatic carbocycles. The van der Waals surface area contributed by atoms with E-state index in [1.807, 2.05) is 41.8 Å². The Morgan fingerprint density at radius 3 is 2.44 bits per heavy atom. The van der Waals surface area contributed by atoms with Crippen LogP contribution >= 0.6 is 11.8 Å². The molecular weight excluding hydrogens is 422 g/mol. The molecule has 0 saturated carbocycles. The fourth-order valence-corrected chi connectivity index (χ4v) is 3.92. The molecule has 2 heterocycles. The fraction of sp³-hybridized carbons (Fsp3) is 0.125. The van der Waals surface area contributed by atoms with Crippen LogP contribution in [-0.2, 0) is 4.79 Å². The summed E-state index contributed by atoms with van der Waals surface area (Å²) in [6, 6.07) is 18.6. The highest BCUT2D eigenvalue weighted by Gasteiger charge is 2.17. The molecule has 0 saturated heterocycles. The molecule has 2 aromatic carbocycles. The van der Waals surface area contributed by atoms with Crippen LogP contribution in [0.3, 0.4) is 0 Å². The van der Waals surface area contributed by atoms with Gasteiger partial charge in [-0.2, -0.15) is 0 Å². The SMILES string of the molecule is CC(=O)c1ccc(NC(=O)CSc2nnc(-c3ccncc3)n2-c2cccc(C)c2)cc1. The van der Waals surface area contributed by atoms with E-state index in [9.17, 15) is 9.59 Å². The lowest BCUT2D eigenvalue weighted by Crippen LogP contribution is -2.14. The number of benzene rings is 2. The lowest BCUT2D eigenvalue weighted by atomic mass is 10.1. The van der Waals surface area contributed by atoms with Gasteiger partial charge in [-0.1, -0.05) is 23.9 Å². The van der Waals surface area contributed by atoms with Crippen LogP contribution in [0.15, 0.2) is 78.2 Å². The number of aryl methyl sites for hydroxylation is 1. The average molecular weight is 444 g/mol. The van der Waals surface area contributed by atoms with E-state index >= 15 is 0 Å². The van der Waals surface area contributed by atoms with E-state index < -0.39 is 0 Å². The quantitative estimate of drug-likeness (QED) is 0.332. The molecule has 1 amide bonds. The summed E-state index contributed by atoms with van der Waals surface area (Å²) in [5.41, 5.74) is 4.16. The number of ketones is 1. The van der Waals surface area contributed by atoms with Crippen molar-refractivity contribution in [2.45, 2.75) is 19.0 Å². The Bertz CT molecular complexity index is 1250. The van der Waals surface area contributed by atoms with Gasteiger partial charge in [-0.15, -0.1) is 10.2 Å². The Hall–Kier alpha value is -3.78. The zero-order chi connectivity index (χ0) is 22.5. The van der Waals surface area contributed by atoms with Crippen molar-refractivity contribution in [1.82, 2.24) is 19.7 Å². The molecule has 0 aliphatic rings. The normalized spacial score (nSPS) is 10.7. The van der Waals surface area contributed by atoms with E-state index in [4.69, 9.17) is 0 Å². The van der Waals surface area contributed by atoms with Crippen molar-refractivity contribution in [2.24, 2.45) is 0 Å². The largest absolute Gasteiger partial charge is 0.325 e. The Balaban J connectivity index is 1.55. The maximum atomic E-state index is 12.5. The summed E-state index contributed by atoms with van der Waals surface area (Å²) in [5.74, 6) is 0.656. The molecule has 32 heavy (non-hydrogen) atoms. The van der Waals surface area contributed by atoms with Gasteiger partial charge in [0.05, 0.1) is 5.75 Å². The molecule has 0 aliphatic heterocycles. The number of nitrogens with one attached hydrogen (secondary N) is 1. The van der Waals surface area contributed by atoms with Crippen molar-refractivity contribution in [1.29, 1.82) is 0 Å². The van der Waals surface area contributed by atoms with Gasteiger partial charge in [0.1, 0.15) is 0 Å². The zero-order valence-corrected chi connectivity index (χ0v) is 18.5. The first kappa shape index (κ1) is 21.5. The molecule has 0 radical (unpaired) electrons. The van der Waals surface area contributed by atoms with Crippen LogP contribution in [0.5, 0.6) is 0 Å². The second-order valence-corrected chi connectivity index (χ2v) is 8.13. The second kappa shape index (κ2) is 9.57. The maximum Gasteiger partial charge on any atom is 0.234 e. The summed E-state index contributed by atoms with van der Waals surface area (Å²) in [7, 11) is 0. The third-order valence-corrected chi connectivity index (χ3v) is 5.67. The van der Waals surface area contributed by atoms with Gasteiger partial charge in [0.25, 0.3) is 0 Å². The van der Waals surface area contributed by atoms with Gasteiger partial charge >= 0.3 is 0 Å². The molecule has 7 nitrogen and oxygen atoms in total. The van der Waals surface area contributed by atoms with E-state index in [-0.39, 0.29) is 17.4 Å². The number of rotatable bonds is 7. The van der Waals surface area contributed by atoms with Crippen LogP contribution in [-0.4, -0.2) is 37.2 Å². The number of carbonyl (C=O) groups is 2. The number of carbonyl (C=O) groups excluding carboxylic acids is 2. The number of amides is 1. The lowest BCUT2D eigenvalue weighted by Gasteiger charge is -2.11. The van der Waals surface area contributed by atoms with Crippen LogP contribution in [0.25, 0.3) is 17.1 Å². The maximum absolute atomic E-state index is 12.5. The predicted molar refractivity (Wildman–Crippen MR) is 125 cm³/mol. The van der Waals surface area contributed by atoms with E-state index in [1.165, 1.54) is 18.7 Å². The molecule has 2 aromatic heterocycles. The molecule has 0 unspecified atom stereocenters. The first-order valence-electron chi connectivity index (χ1n) is 9.98. The van der Waals surface area contributed by atoms with Gasteiger partial charge in [-0.3, -0.25) is 19.1 Å². The summed E-state index contributed by atoms with van der Waals surface area (Å²) in [6.07, 6.45) is 3.42. The number of nitrogens with zero attached hydrogens (tertiary/aromatic N) is 4. The van der Waals surface area contributed by atoms with Gasteiger partial charge < -0.3 is 5.32 Å². The van der Waals surface area contributed by atoms with Crippen molar-refractivity contribution in [3.8, 4) is 17.1 Å². The first-order chi connectivity index (χ1) is 15.5. The molecule has 4 rings (SSSR count). The molecule has 8 heteroatoms. The minimum atomic E-state index is -0.171. The van der Waals surface area contributed by atoms with Crippen molar-refractivity contribution in [3.63, 3.8) is 0 Å². The summed E-state index contributed by atoms with van der Waals surface area (Å²) < 4.78 is 1.95. The zero-order valence-electron chi connectivity index (χ0n) is 17.6. The smallest absolute Gasteiger partial charge is 0.234 e. The summed E-state index contributed by atoms with van der Waals surface area (Å²) in [5, 5.41) is 12.2.